The highest BCUT2D eigenvalue weighted by atomic mass is 35.5. The zero-order valence-corrected chi connectivity index (χ0v) is 22.7. The summed E-state index contributed by atoms with van der Waals surface area (Å²) < 4.78 is 7.45. The van der Waals surface area contributed by atoms with Crippen LogP contribution in [0.4, 0.5) is 5.69 Å². The van der Waals surface area contributed by atoms with Crippen LogP contribution >= 0.6 is 23.4 Å². The molecule has 1 aliphatic rings. The first-order valence-corrected chi connectivity index (χ1v) is 13.7. The van der Waals surface area contributed by atoms with E-state index >= 15 is 0 Å². The number of rotatable bonds is 5. The number of thioether (sulfide) groups is 1. The van der Waals surface area contributed by atoms with E-state index in [1.807, 2.05) is 84.9 Å². The minimum Gasteiger partial charge on any atom is -0.854 e. The predicted octanol–water partition coefficient (Wildman–Crippen LogP) is 5.53. The smallest absolute Gasteiger partial charge is 0.297 e. The fraction of sp³-hybridized carbons (Fsp3) is 0.133. The molecule has 39 heavy (non-hydrogen) atoms. The average Bonchev–Trinajstić information content (AvgIpc) is 2.95. The standard InChI is InChI=1S/C30H23ClN4O3S/c1-18(36)34-24-14-8-6-12-22(24)27-28(37)32-30(39-17-20-10-4-7-13-23(20)31)33-35(27)29(34)26-21-11-5-3-9-19(21)15-16-25(26)38-2/h3-16,29H,17H2,1-2H3. The van der Waals surface area contributed by atoms with Crippen molar-refractivity contribution >= 4 is 45.7 Å². The number of ether oxygens (including phenoxy) is 1. The van der Waals surface area contributed by atoms with E-state index in [0.29, 0.717) is 33.5 Å². The molecule has 9 heteroatoms. The molecule has 1 aromatic heterocycles. The number of halogens is 1. The van der Waals surface area contributed by atoms with Gasteiger partial charge in [0.25, 0.3) is 17.0 Å². The zero-order chi connectivity index (χ0) is 27.1. The lowest BCUT2D eigenvalue weighted by molar-refractivity contribution is -0.764. The van der Waals surface area contributed by atoms with Crippen molar-refractivity contribution in [1.29, 1.82) is 0 Å². The van der Waals surface area contributed by atoms with Crippen molar-refractivity contribution < 1.29 is 19.3 Å². The molecule has 0 radical (unpaired) electrons. The summed E-state index contributed by atoms with van der Waals surface area (Å²) >= 11 is 7.67. The van der Waals surface area contributed by atoms with Gasteiger partial charge in [-0.25, -0.2) is 9.88 Å². The fourth-order valence-corrected chi connectivity index (χ4v) is 6.19. The van der Waals surface area contributed by atoms with E-state index in [9.17, 15) is 9.90 Å². The Hall–Kier alpha value is -4.14. The third kappa shape index (κ3) is 4.35. The van der Waals surface area contributed by atoms with Gasteiger partial charge in [-0.15, -0.1) is 0 Å². The monoisotopic (exact) mass is 554 g/mol. The maximum Gasteiger partial charge on any atom is 0.297 e. The highest BCUT2D eigenvalue weighted by Crippen LogP contribution is 2.44. The molecule has 0 bridgehead atoms. The summed E-state index contributed by atoms with van der Waals surface area (Å²) in [5, 5.41) is 21.3. The second-order valence-electron chi connectivity index (χ2n) is 9.06. The molecule has 7 nitrogen and oxygen atoms in total. The lowest BCUT2D eigenvalue weighted by atomic mass is 9.96. The molecular formula is C30H23ClN4O3S. The van der Waals surface area contributed by atoms with Gasteiger partial charge in [0.2, 0.25) is 5.91 Å². The summed E-state index contributed by atoms with van der Waals surface area (Å²) in [7, 11) is 1.60. The molecule has 0 fully saturated rings. The number of hydrogen-bond acceptors (Lipinski definition) is 6. The summed E-state index contributed by atoms with van der Waals surface area (Å²) in [5.74, 6) is 0.441. The van der Waals surface area contributed by atoms with E-state index in [1.165, 1.54) is 18.7 Å². The van der Waals surface area contributed by atoms with E-state index in [0.717, 1.165) is 21.9 Å². The third-order valence-corrected chi connectivity index (χ3v) is 8.03. The van der Waals surface area contributed by atoms with Crippen LogP contribution in [0.15, 0.2) is 90.1 Å². The maximum absolute atomic E-state index is 13.7. The largest absolute Gasteiger partial charge is 0.854 e. The van der Waals surface area contributed by atoms with E-state index in [-0.39, 0.29) is 11.1 Å². The molecule has 0 saturated carbocycles. The first kappa shape index (κ1) is 25.2. The van der Waals surface area contributed by atoms with Crippen LogP contribution in [0.3, 0.4) is 0 Å². The van der Waals surface area contributed by atoms with E-state index in [2.05, 4.69) is 4.98 Å². The molecule has 1 amide bonds. The topological polar surface area (TPSA) is 82.3 Å². The number of benzene rings is 4. The van der Waals surface area contributed by atoms with Gasteiger partial charge in [-0.05, 0) is 40.6 Å². The number of anilines is 1. The first-order chi connectivity index (χ1) is 19.0. The normalized spacial score (nSPS) is 14.1. The Morgan fingerprint density at radius 3 is 2.59 bits per heavy atom. The molecule has 0 saturated heterocycles. The van der Waals surface area contributed by atoms with Crippen molar-refractivity contribution in [2.75, 3.05) is 12.0 Å². The maximum atomic E-state index is 13.7. The SMILES string of the molecule is COc1ccc2ccccc2c1C1N(C(C)=O)c2ccccc2-c2c([O-])nc(SCc3ccccc3Cl)n[n+]21. The number of methoxy groups -OCH3 is 1. The summed E-state index contributed by atoms with van der Waals surface area (Å²) in [6.45, 7) is 1.51. The Bertz CT molecular complexity index is 1750. The van der Waals surface area contributed by atoms with Crippen molar-refractivity contribution in [1.82, 2.24) is 10.1 Å². The lowest BCUT2D eigenvalue weighted by Crippen LogP contribution is -2.59. The molecule has 2 heterocycles. The highest BCUT2D eigenvalue weighted by Gasteiger charge is 2.46. The molecule has 5 aromatic rings. The van der Waals surface area contributed by atoms with Gasteiger partial charge in [0, 0.05) is 22.8 Å². The van der Waals surface area contributed by atoms with Gasteiger partial charge < -0.3 is 9.84 Å². The van der Waals surface area contributed by atoms with E-state index in [4.69, 9.17) is 21.4 Å². The minimum absolute atomic E-state index is 0.197. The number of aromatic nitrogens is 3. The number of amides is 1. The van der Waals surface area contributed by atoms with Crippen LogP contribution in [0, 0.1) is 0 Å². The number of hydrogen-bond donors (Lipinski definition) is 0. The van der Waals surface area contributed by atoms with Crippen LogP contribution in [-0.4, -0.2) is 23.1 Å². The molecule has 0 spiro atoms. The summed E-state index contributed by atoms with van der Waals surface area (Å²) in [6.07, 6.45) is -0.788. The van der Waals surface area contributed by atoms with Gasteiger partial charge in [0.15, 0.2) is 0 Å². The zero-order valence-electron chi connectivity index (χ0n) is 21.2. The Morgan fingerprint density at radius 1 is 1.05 bits per heavy atom. The minimum atomic E-state index is -0.788. The molecule has 1 aliphatic heterocycles. The third-order valence-electron chi connectivity index (χ3n) is 6.78. The van der Waals surface area contributed by atoms with E-state index in [1.54, 1.807) is 16.7 Å². The Kier molecular flexibility index (Phi) is 6.58. The Labute approximate surface area is 234 Å². The van der Waals surface area contributed by atoms with Gasteiger partial charge >= 0.3 is 0 Å². The van der Waals surface area contributed by atoms with Crippen LogP contribution in [0.5, 0.6) is 11.6 Å². The molecule has 194 valence electrons. The molecule has 0 aliphatic carbocycles. The number of carbonyl (C=O) groups excluding carboxylic acids is 1. The van der Waals surface area contributed by atoms with Crippen molar-refractivity contribution in [2.45, 2.75) is 24.0 Å². The number of para-hydroxylation sites is 1. The van der Waals surface area contributed by atoms with Gasteiger partial charge in [-0.2, -0.15) is 0 Å². The van der Waals surface area contributed by atoms with Crippen molar-refractivity contribution in [3.05, 3.63) is 101 Å². The summed E-state index contributed by atoms with van der Waals surface area (Å²) in [5.41, 5.74) is 3.15. The summed E-state index contributed by atoms with van der Waals surface area (Å²) in [4.78, 5) is 19.3. The number of carbonyl (C=O) groups is 1. The van der Waals surface area contributed by atoms with Crippen LogP contribution in [-0.2, 0) is 10.5 Å². The van der Waals surface area contributed by atoms with Gasteiger partial charge in [-0.1, -0.05) is 88.7 Å². The van der Waals surface area contributed by atoms with Crippen molar-refractivity contribution in [2.24, 2.45) is 0 Å². The van der Waals surface area contributed by atoms with Crippen LogP contribution in [0.25, 0.3) is 22.0 Å². The molecular weight excluding hydrogens is 532 g/mol. The lowest BCUT2D eigenvalue weighted by Gasteiger charge is -2.33. The summed E-state index contributed by atoms with van der Waals surface area (Å²) in [6, 6.07) is 26.6. The molecule has 4 aromatic carbocycles. The van der Waals surface area contributed by atoms with Crippen LogP contribution in [0.2, 0.25) is 5.02 Å². The van der Waals surface area contributed by atoms with Gasteiger partial charge in [-0.3, -0.25) is 4.79 Å². The highest BCUT2D eigenvalue weighted by molar-refractivity contribution is 7.98. The molecule has 6 rings (SSSR count). The molecule has 1 atom stereocenters. The van der Waals surface area contributed by atoms with Crippen molar-refractivity contribution in [3.63, 3.8) is 0 Å². The van der Waals surface area contributed by atoms with E-state index < -0.39 is 12.0 Å². The van der Waals surface area contributed by atoms with Crippen LogP contribution < -0.4 is 19.4 Å². The Morgan fingerprint density at radius 2 is 1.79 bits per heavy atom. The molecule has 0 N–H and O–H groups in total. The second kappa shape index (κ2) is 10.2. The van der Waals surface area contributed by atoms with Crippen molar-refractivity contribution in [3.8, 4) is 22.9 Å². The quantitative estimate of drug-likeness (QED) is 0.210. The fourth-order valence-electron chi connectivity index (χ4n) is 5.08. The van der Waals surface area contributed by atoms with Gasteiger partial charge in [0.1, 0.15) is 5.75 Å². The van der Waals surface area contributed by atoms with Gasteiger partial charge in [0.05, 0.1) is 29.8 Å². The van der Waals surface area contributed by atoms with Crippen LogP contribution in [0.1, 0.15) is 24.2 Å². The number of fused-ring (bicyclic) bond motifs is 4. The second-order valence-corrected chi connectivity index (χ2v) is 10.4. The predicted molar refractivity (Wildman–Crippen MR) is 150 cm³/mol. The number of nitrogens with zero attached hydrogens (tertiary/aromatic N) is 4. The average molecular weight is 555 g/mol. The molecule has 1 unspecified atom stereocenters. The first-order valence-electron chi connectivity index (χ1n) is 12.3. The Balaban J connectivity index is 1.61.